The molecule has 1 heterocycles. The lowest BCUT2D eigenvalue weighted by Gasteiger charge is -2.26. The zero-order valence-corrected chi connectivity index (χ0v) is 28.0. The van der Waals surface area contributed by atoms with Crippen molar-refractivity contribution in [3.8, 4) is 0 Å². The van der Waals surface area contributed by atoms with Crippen molar-refractivity contribution in [1.29, 1.82) is 0 Å². The SMILES string of the molecule is C[C@H](c1ccc2c(c1)[C@H](NS(=O)(=O)c1cccc(F)c1)CC2(C)C)C(CCCc1nccn1C)C(=O)C[C@H](C)c1ccc(F)cc1. The Bertz CT molecular complexity index is 1800. The lowest BCUT2D eigenvalue weighted by molar-refractivity contribution is -0.124. The number of Topliss-reactive ketones (excluding diaryl/α,β-unsaturated/α-hetero) is 1. The van der Waals surface area contributed by atoms with Crippen LogP contribution in [0, 0.1) is 17.6 Å². The van der Waals surface area contributed by atoms with Gasteiger partial charge in [0.1, 0.15) is 23.2 Å². The molecule has 0 aliphatic heterocycles. The minimum Gasteiger partial charge on any atom is -0.338 e. The van der Waals surface area contributed by atoms with Crippen LogP contribution in [-0.4, -0.2) is 23.8 Å². The van der Waals surface area contributed by atoms with Crippen LogP contribution >= 0.6 is 0 Å². The quantitative estimate of drug-likeness (QED) is 0.160. The van der Waals surface area contributed by atoms with Crippen molar-refractivity contribution in [1.82, 2.24) is 14.3 Å². The second-order valence-corrected chi connectivity index (χ2v) is 15.1. The van der Waals surface area contributed by atoms with Gasteiger partial charge in [0.15, 0.2) is 0 Å². The average Bonchev–Trinajstić information content (AvgIpc) is 3.53. The van der Waals surface area contributed by atoms with Gasteiger partial charge in [-0.05, 0) is 89.1 Å². The van der Waals surface area contributed by atoms with Gasteiger partial charge in [0.25, 0.3) is 0 Å². The maximum absolute atomic E-state index is 14.0. The van der Waals surface area contributed by atoms with Crippen molar-refractivity contribution < 1.29 is 22.0 Å². The summed E-state index contributed by atoms with van der Waals surface area (Å²) >= 11 is 0. The summed E-state index contributed by atoms with van der Waals surface area (Å²) in [5, 5.41) is 0. The Labute approximate surface area is 271 Å². The van der Waals surface area contributed by atoms with E-state index < -0.39 is 21.9 Å². The third-order valence-corrected chi connectivity index (χ3v) is 11.1. The summed E-state index contributed by atoms with van der Waals surface area (Å²) in [5.41, 5.74) is 3.54. The standard InChI is InChI=1S/C37H43F2N3O3S/c1-24(26-12-15-28(38)16-13-26)20-35(43)31(10-7-11-36-40-18-19-42(36)5)25(2)27-14-17-33-32(21-27)34(23-37(33,3)4)41-46(44,45)30-9-6-8-29(39)22-30/h6,8-9,12-19,21-22,24-25,31,34,41H,7,10-11,20,23H2,1-5H3/t24-,25+,31?,34+/m0/s1. The van der Waals surface area contributed by atoms with Gasteiger partial charge in [0.2, 0.25) is 10.0 Å². The third-order valence-electron chi connectivity index (χ3n) is 9.62. The highest BCUT2D eigenvalue weighted by Gasteiger charge is 2.39. The number of ketones is 1. The lowest BCUT2D eigenvalue weighted by Crippen LogP contribution is -2.28. The minimum absolute atomic E-state index is 0.0697. The molecule has 1 aliphatic rings. The van der Waals surface area contributed by atoms with Gasteiger partial charge in [0, 0.05) is 44.2 Å². The summed E-state index contributed by atoms with van der Waals surface area (Å²) in [5.74, 6) is -0.292. The highest BCUT2D eigenvalue weighted by atomic mass is 32.2. The number of carbonyl (C=O) groups excluding carboxylic acids is 1. The summed E-state index contributed by atoms with van der Waals surface area (Å²) < 4.78 is 58.9. The third kappa shape index (κ3) is 7.47. The lowest BCUT2D eigenvalue weighted by atomic mass is 9.77. The topological polar surface area (TPSA) is 81.1 Å². The highest BCUT2D eigenvalue weighted by Crippen LogP contribution is 2.46. The van der Waals surface area contributed by atoms with E-state index in [9.17, 15) is 22.0 Å². The number of fused-ring (bicyclic) bond motifs is 1. The Morgan fingerprint density at radius 3 is 2.41 bits per heavy atom. The molecule has 0 saturated carbocycles. The first-order chi connectivity index (χ1) is 21.7. The van der Waals surface area contributed by atoms with Crippen LogP contribution in [0.3, 0.4) is 0 Å². The molecular formula is C37H43F2N3O3S. The second-order valence-electron chi connectivity index (χ2n) is 13.4. The zero-order chi connectivity index (χ0) is 33.2. The Balaban J connectivity index is 1.41. The second kappa shape index (κ2) is 13.6. The summed E-state index contributed by atoms with van der Waals surface area (Å²) in [6.45, 7) is 8.24. The summed E-state index contributed by atoms with van der Waals surface area (Å²) in [6, 6.07) is 17.0. The molecule has 4 atom stereocenters. The van der Waals surface area contributed by atoms with Gasteiger partial charge in [0.05, 0.1) is 4.90 Å². The van der Waals surface area contributed by atoms with Crippen molar-refractivity contribution >= 4 is 15.8 Å². The van der Waals surface area contributed by atoms with Crippen molar-refractivity contribution in [2.24, 2.45) is 13.0 Å². The van der Waals surface area contributed by atoms with Crippen LogP contribution in [0.5, 0.6) is 0 Å². The largest absolute Gasteiger partial charge is 0.338 e. The van der Waals surface area contributed by atoms with Crippen LogP contribution in [0.4, 0.5) is 8.78 Å². The molecule has 9 heteroatoms. The first kappa shape index (κ1) is 33.7. The van der Waals surface area contributed by atoms with Gasteiger partial charge in [-0.1, -0.05) is 64.1 Å². The van der Waals surface area contributed by atoms with Gasteiger partial charge in [-0.25, -0.2) is 26.9 Å². The van der Waals surface area contributed by atoms with E-state index in [2.05, 4.69) is 48.7 Å². The van der Waals surface area contributed by atoms with Crippen LogP contribution in [0.1, 0.15) is 99.3 Å². The molecular weight excluding hydrogens is 604 g/mol. The number of hydrogen-bond donors (Lipinski definition) is 1. The fourth-order valence-corrected chi connectivity index (χ4v) is 8.14. The van der Waals surface area contributed by atoms with E-state index >= 15 is 0 Å². The number of rotatable bonds is 13. The predicted molar refractivity (Wildman–Crippen MR) is 176 cm³/mol. The highest BCUT2D eigenvalue weighted by molar-refractivity contribution is 7.89. The number of halogens is 2. The van der Waals surface area contributed by atoms with Crippen molar-refractivity contribution in [2.75, 3.05) is 0 Å². The molecule has 1 unspecified atom stereocenters. The molecule has 4 aromatic rings. The van der Waals surface area contributed by atoms with Crippen LogP contribution in [0.2, 0.25) is 0 Å². The smallest absolute Gasteiger partial charge is 0.241 e. The van der Waals surface area contributed by atoms with Gasteiger partial charge in [-0.2, -0.15) is 0 Å². The monoisotopic (exact) mass is 647 g/mol. The number of nitrogens with zero attached hydrogens (tertiary/aromatic N) is 2. The van der Waals surface area contributed by atoms with E-state index in [0.29, 0.717) is 19.3 Å². The Hall–Kier alpha value is -3.69. The molecule has 1 aromatic heterocycles. The molecule has 0 saturated heterocycles. The number of carbonyl (C=O) groups is 1. The molecule has 3 aromatic carbocycles. The number of imidazole rings is 1. The maximum atomic E-state index is 14.0. The number of hydrogen-bond acceptors (Lipinski definition) is 4. The van der Waals surface area contributed by atoms with Gasteiger partial charge in [-0.15, -0.1) is 0 Å². The number of nitrogens with one attached hydrogen (secondary N) is 1. The van der Waals surface area contributed by atoms with E-state index in [0.717, 1.165) is 47.0 Å². The molecule has 0 amide bonds. The van der Waals surface area contributed by atoms with Crippen molar-refractivity contribution in [3.63, 3.8) is 0 Å². The first-order valence-corrected chi connectivity index (χ1v) is 17.4. The molecule has 0 fully saturated rings. The van der Waals surface area contributed by atoms with Gasteiger partial charge >= 0.3 is 0 Å². The molecule has 6 nitrogen and oxygen atoms in total. The normalized spacial score (nSPS) is 17.8. The van der Waals surface area contributed by atoms with Crippen LogP contribution in [0.15, 0.2) is 84.0 Å². The van der Waals surface area contributed by atoms with Crippen molar-refractivity contribution in [3.05, 3.63) is 119 Å². The number of aromatic nitrogens is 2. The van der Waals surface area contributed by atoms with Gasteiger partial charge in [-0.3, -0.25) is 4.79 Å². The van der Waals surface area contributed by atoms with E-state index in [1.165, 1.54) is 30.3 Å². The van der Waals surface area contributed by atoms with E-state index in [1.54, 1.807) is 18.3 Å². The van der Waals surface area contributed by atoms with Crippen molar-refractivity contribution in [2.45, 2.75) is 88.0 Å². The molecule has 5 rings (SSSR count). The summed E-state index contributed by atoms with van der Waals surface area (Å²) in [6.07, 6.45) is 6.76. The molecule has 1 N–H and O–H groups in total. The predicted octanol–water partition coefficient (Wildman–Crippen LogP) is 7.90. The van der Waals surface area contributed by atoms with E-state index in [-0.39, 0.29) is 39.7 Å². The fraction of sp³-hybridized carbons (Fsp3) is 0.405. The maximum Gasteiger partial charge on any atom is 0.241 e. The fourth-order valence-electron chi connectivity index (χ4n) is 6.90. The van der Waals surface area contributed by atoms with Crippen LogP contribution in [0.25, 0.3) is 0 Å². The summed E-state index contributed by atoms with van der Waals surface area (Å²) in [7, 11) is -2.02. The molecule has 0 spiro atoms. The molecule has 0 radical (unpaired) electrons. The number of sulfonamides is 1. The zero-order valence-electron chi connectivity index (χ0n) is 27.1. The van der Waals surface area contributed by atoms with Gasteiger partial charge < -0.3 is 4.57 Å². The van der Waals surface area contributed by atoms with E-state index in [4.69, 9.17) is 0 Å². The molecule has 46 heavy (non-hydrogen) atoms. The van der Waals surface area contributed by atoms with E-state index in [1.807, 2.05) is 24.7 Å². The Morgan fingerprint density at radius 2 is 1.74 bits per heavy atom. The number of benzene rings is 3. The molecule has 1 aliphatic carbocycles. The molecule has 244 valence electrons. The Morgan fingerprint density at radius 1 is 1.02 bits per heavy atom. The first-order valence-electron chi connectivity index (χ1n) is 15.9. The average molecular weight is 648 g/mol. The Kier molecular flexibility index (Phi) is 9.94. The van der Waals surface area contributed by atoms with Crippen LogP contribution in [-0.2, 0) is 33.7 Å². The number of aryl methyl sites for hydroxylation is 2. The molecule has 0 bridgehead atoms. The summed E-state index contributed by atoms with van der Waals surface area (Å²) in [4.78, 5) is 18.4. The van der Waals surface area contributed by atoms with Crippen LogP contribution < -0.4 is 4.72 Å². The minimum atomic E-state index is -3.98.